The summed E-state index contributed by atoms with van der Waals surface area (Å²) in [5.74, 6) is -1.91. The minimum absolute atomic E-state index is 0.107. The maximum Gasteiger partial charge on any atom is 0.257 e. The maximum absolute atomic E-state index is 13.6. The van der Waals surface area contributed by atoms with E-state index in [0.717, 1.165) is 17.7 Å². The fourth-order valence-electron chi connectivity index (χ4n) is 1.74. The number of anilines is 2. The minimum atomic E-state index is -0.824. The Bertz CT molecular complexity index is 636. The van der Waals surface area contributed by atoms with Crippen LogP contribution in [0.5, 0.6) is 0 Å². The molecule has 1 aromatic heterocycles. The van der Waals surface area contributed by atoms with Crippen molar-refractivity contribution in [1.82, 2.24) is 4.98 Å². The first-order valence-electron chi connectivity index (χ1n) is 5.92. The highest BCUT2D eigenvalue weighted by Crippen LogP contribution is 2.21. The molecule has 1 amide bonds. The molecule has 2 aromatic rings. The van der Waals surface area contributed by atoms with Crippen molar-refractivity contribution in [2.24, 2.45) is 0 Å². The van der Waals surface area contributed by atoms with Crippen LogP contribution in [-0.2, 0) is 0 Å². The number of aromatic nitrogens is 1. The van der Waals surface area contributed by atoms with Crippen LogP contribution in [0.2, 0.25) is 0 Å². The zero-order valence-corrected chi connectivity index (χ0v) is 11.0. The summed E-state index contributed by atoms with van der Waals surface area (Å²) >= 11 is 0. The van der Waals surface area contributed by atoms with Gasteiger partial charge in [-0.3, -0.25) is 4.79 Å². The average Bonchev–Trinajstić information content (AvgIpc) is 2.41. The molecule has 0 unspecified atom stereocenters. The van der Waals surface area contributed by atoms with Gasteiger partial charge in [0.25, 0.3) is 5.91 Å². The summed E-state index contributed by atoms with van der Waals surface area (Å²) in [5.41, 5.74) is 0.383. The third-order valence-electron chi connectivity index (χ3n) is 2.80. The molecular weight excluding hydrogens is 264 g/mol. The predicted octanol–water partition coefficient (Wildman–Crippen LogP) is 2.96. The lowest BCUT2D eigenvalue weighted by Gasteiger charge is -2.09. The van der Waals surface area contributed by atoms with Crippen LogP contribution >= 0.6 is 0 Å². The van der Waals surface area contributed by atoms with Crippen molar-refractivity contribution >= 4 is 17.4 Å². The highest BCUT2D eigenvalue weighted by molar-refractivity contribution is 6.04. The first kappa shape index (κ1) is 13.9. The van der Waals surface area contributed by atoms with Gasteiger partial charge < -0.3 is 10.6 Å². The number of hydrogen-bond donors (Lipinski definition) is 2. The van der Waals surface area contributed by atoms with Crippen molar-refractivity contribution in [3.05, 3.63) is 53.2 Å². The molecule has 0 spiro atoms. The number of aryl methyl sites for hydroxylation is 1. The number of carbonyl (C=O) groups is 1. The quantitative estimate of drug-likeness (QED) is 0.907. The van der Waals surface area contributed by atoms with Crippen LogP contribution in [0.4, 0.5) is 20.3 Å². The minimum Gasteiger partial charge on any atom is -0.383 e. The second kappa shape index (κ2) is 5.64. The highest BCUT2D eigenvalue weighted by atomic mass is 19.1. The van der Waals surface area contributed by atoms with Crippen LogP contribution in [0.3, 0.4) is 0 Å². The van der Waals surface area contributed by atoms with Gasteiger partial charge in [0.15, 0.2) is 0 Å². The standard InChI is InChI=1S/C14H13F2N3O/c1-8-4-3-5-18-13(8)19-14(20)9-6-10(15)12(17-2)11(16)7-9/h3-7,17H,1-2H3,(H,18,19,20). The number of pyridine rings is 1. The average molecular weight is 277 g/mol. The molecule has 0 radical (unpaired) electrons. The predicted molar refractivity (Wildman–Crippen MR) is 72.8 cm³/mol. The Kier molecular flexibility index (Phi) is 3.93. The van der Waals surface area contributed by atoms with Gasteiger partial charge in [0, 0.05) is 18.8 Å². The number of amides is 1. The van der Waals surface area contributed by atoms with Crippen molar-refractivity contribution in [1.29, 1.82) is 0 Å². The van der Waals surface area contributed by atoms with Crippen molar-refractivity contribution in [2.45, 2.75) is 6.92 Å². The van der Waals surface area contributed by atoms with Gasteiger partial charge in [-0.25, -0.2) is 13.8 Å². The Morgan fingerprint density at radius 3 is 2.45 bits per heavy atom. The summed E-state index contributed by atoms with van der Waals surface area (Å²) in [6.45, 7) is 1.77. The van der Waals surface area contributed by atoms with Crippen molar-refractivity contribution in [3.63, 3.8) is 0 Å². The lowest BCUT2D eigenvalue weighted by molar-refractivity contribution is 0.102. The van der Waals surface area contributed by atoms with Gasteiger partial charge >= 0.3 is 0 Å². The third kappa shape index (κ3) is 2.74. The molecule has 4 nitrogen and oxygen atoms in total. The molecule has 0 saturated heterocycles. The SMILES string of the molecule is CNc1c(F)cc(C(=O)Nc2ncccc2C)cc1F. The summed E-state index contributed by atoms with van der Waals surface area (Å²) in [6, 6.07) is 5.45. The number of nitrogens with one attached hydrogen (secondary N) is 2. The van der Waals surface area contributed by atoms with E-state index < -0.39 is 17.5 Å². The lowest BCUT2D eigenvalue weighted by atomic mass is 10.1. The smallest absolute Gasteiger partial charge is 0.257 e. The summed E-state index contributed by atoms with van der Waals surface area (Å²) < 4.78 is 27.2. The Balaban J connectivity index is 2.29. The normalized spacial score (nSPS) is 10.2. The third-order valence-corrected chi connectivity index (χ3v) is 2.80. The fraction of sp³-hybridized carbons (Fsp3) is 0.143. The highest BCUT2D eigenvalue weighted by Gasteiger charge is 2.15. The van der Waals surface area contributed by atoms with E-state index in [1.807, 2.05) is 0 Å². The molecule has 104 valence electrons. The topological polar surface area (TPSA) is 54.0 Å². The molecule has 6 heteroatoms. The molecule has 0 aliphatic heterocycles. The molecule has 2 rings (SSSR count). The number of benzene rings is 1. The van der Waals surface area contributed by atoms with Gasteiger partial charge in [-0.1, -0.05) is 6.07 Å². The van der Waals surface area contributed by atoms with Gasteiger partial charge in [0.05, 0.1) is 0 Å². The molecule has 0 aliphatic rings. The molecule has 0 aliphatic carbocycles. The number of carbonyl (C=O) groups excluding carboxylic acids is 1. The van der Waals surface area contributed by atoms with E-state index in [-0.39, 0.29) is 11.3 Å². The second-order valence-corrected chi connectivity index (χ2v) is 4.19. The van der Waals surface area contributed by atoms with E-state index in [1.54, 1.807) is 19.1 Å². The molecule has 2 N–H and O–H groups in total. The lowest BCUT2D eigenvalue weighted by Crippen LogP contribution is -2.15. The monoisotopic (exact) mass is 277 g/mol. The number of nitrogens with zero attached hydrogens (tertiary/aromatic N) is 1. The molecule has 20 heavy (non-hydrogen) atoms. The van der Waals surface area contributed by atoms with E-state index in [1.165, 1.54) is 13.2 Å². The van der Waals surface area contributed by atoms with E-state index in [2.05, 4.69) is 15.6 Å². The van der Waals surface area contributed by atoms with Crippen LogP contribution < -0.4 is 10.6 Å². The number of rotatable bonds is 3. The summed E-state index contributed by atoms with van der Waals surface area (Å²) in [6.07, 6.45) is 1.52. The Morgan fingerprint density at radius 1 is 1.25 bits per heavy atom. The van der Waals surface area contributed by atoms with Gasteiger partial charge in [-0.05, 0) is 30.7 Å². The van der Waals surface area contributed by atoms with Crippen LogP contribution in [0.15, 0.2) is 30.5 Å². The van der Waals surface area contributed by atoms with Crippen LogP contribution in [0.25, 0.3) is 0 Å². The molecule has 1 heterocycles. The van der Waals surface area contributed by atoms with Crippen LogP contribution in [0.1, 0.15) is 15.9 Å². The Morgan fingerprint density at radius 2 is 1.90 bits per heavy atom. The van der Waals surface area contributed by atoms with Gasteiger partial charge in [-0.2, -0.15) is 0 Å². The number of halogens is 2. The summed E-state index contributed by atoms with van der Waals surface area (Å²) in [7, 11) is 1.40. The fourth-order valence-corrected chi connectivity index (χ4v) is 1.74. The molecule has 0 bridgehead atoms. The second-order valence-electron chi connectivity index (χ2n) is 4.19. The van der Waals surface area contributed by atoms with Gasteiger partial charge in [0.1, 0.15) is 23.1 Å². The van der Waals surface area contributed by atoms with E-state index in [0.29, 0.717) is 5.82 Å². The molecule has 0 fully saturated rings. The Hall–Kier alpha value is -2.50. The zero-order valence-electron chi connectivity index (χ0n) is 11.0. The van der Waals surface area contributed by atoms with Crippen LogP contribution in [0, 0.1) is 18.6 Å². The first-order valence-corrected chi connectivity index (χ1v) is 5.92. The van der Waals surface area contributed by atoms with E-state index in [4.69, 9.17) is 0 Å². The number of hydrogen-bond acceptors (Lipinski definition) is 3. The van der Waals surface area contributed by atoms with Crippen molar-refractivity contribution in [3.8, 4) is 0 Å². The van der Waals surface area contributed by atoms with Crippen molar-refractivity contribution in [2.75, 3.05) is 17.7 Å². The maximum atomic E-state index is 13.6. The van der Waals surface area contributed by atoms with Crippen LogP contribution in [-0.4, -0.2) is 17.9 Å². The van der Waals surface area contributed by atoms with E-state index >= 15 is 0 Å². The Labute approximate surface area is 114 Å². The largest absolute Gasteiger partial charge is 0.383 e. The van der Waals surface area contributed by atoms with Gasteiger partial charge in [-0.15, -0.1) is 0 Å². The van der Waals surface area contributed by atoms with Gasteiger partial charge in [0.2, 0.25) is 0 Å². The molecule has 1 aromatic carbocycles. The summed E-state index contributed by atoms with van der Waals surface area (Å²) in [5, 5.41) is 4.91. The molecular formula is C14H13F2N3O. The van der Waals surface area contributed by atoms with E-state index in [9.17, 15) is 13.6 Å². The molecule has 0 saturated carbocycles. The van der Waals surface area contributed by atoms with Crippen molar-refractivity contribution < 1.29 is 13.6 Å². The summed E-state index contributed by atoms with van der Waals surface area (Å²) in [4.78, 5) is 16.0. The zero-order chi connectivity index (χ0) is 14.7. The first-order chi connectivity index (χ1) is 9.52. The molecule has 0 atom stereocenters.